The molecule has 5 heteroatoms. The number of esters is 1. The lowest BCUT2D eigenvalue weighted by molar-refractivity contribution is 0.0734. The Labute approximate surface area is 114 Å². The summed E-state index contributed by atoms with van der Waals surface area (Å²) in [6, 6.07) is 11.5. The first-order valence-electron chi connectivity index (χ1n) is 5.60. The van der Waals surface area contributed by atoms with Gasteiger partial charge in [0, 0.05) is 5.02 Å². The standard InChI is InChI=1S/C14H9ClO4/c15-10-2-4-11(5-3-10)19-14(16)9-1-6-12-13(7-9)18-8-17-12/h1-7H,8H2. The zero-order chi connectivity index (χ0) is 13.2. The van der Waals surface area contributed by atoms with Gasteiger partial charge >= 0.3 is 5.97 Å². The highest BCUT2D eigenvalue weighted by molar-refractivity contribution is 6.30. The molecule has 0 atom stereocenters. The highest BCUT2D eigenvalue weighted by atomic mass is 35.5. The van der Waals surface area contributed by atoms with Crippen molar-refractivity contribution in [3.05, 3.63) is 53.1 Å². The normalized spacial score (nSPS) is 12.3. The van der Waals surface area contributed by atoms with Crippen molar-refractivity contribution in [3.8, 4) is 17.2 Å². The molecule has 96 valence electrons. The van der Waals surface area contributed by atoms with E-state index in [2.05, 4.69) is 0 Å². The van der Waals surface area contributed by atoms with E-state index in [4.69, 9.17) is 25.8 Å². The topological polar surface area (TPSA) is 44.8 Å². The SMILES string of the molecule is O=C(Oc1ccc(Cl)cc1)c1ccc2c(c1)OCO2. The number of carbonyl (C=O) groups excluding carboxylic acids is 1. The molecule has 19 heavy (non-hydrogen) atoms. The van der Waals surface area contributed by atoms with Crippen LogP contribution in [0.1, 0.15) is 10.4 Å². The zero-order valence-corrected chi connectivity index (χ0v) is 10.5. The van der Waals surface area contributed by atoms with Crippen LogP contribution in [-0.2, 0) is 0 Å². The number of benzene rings is 2. The van der Waals surface area contributed by atoms with Gasteiger partial charge in [0.05, 0.1) is 5.56 Å². The minimum absolute atomic E-state index is 0.172. The molecule has 4 nitrogen and oxygen atoms in total. The molecule has 0 amide bonds. The van der Waals surface area contributed by atoms with Crippen molar-refractivity contribution in [1.29, 1.82) is 0 Å². The third-order valence-electron chi connectivity index (χ3n) is 2.63. The van der Waals surface area contributed by atoms with Gasteiger partial charge in [0.25, 0.3) is 0 Å². The van der Waals surface area contributed by atoms with Crippen molar-refractivity contribution in [1.82, 2.24) is 0 Å². The van der Waals surface area contributed by atoms with Crippen molar-refractivity contribution in [3.63, 3.8) is 0 Å². The summed E-state index contributed by atoms with van der Waals surface area (Å²) < 4.78 is 15.6. The van der Waals surface area contributed by atoms with Crippen LogP contribution in [0.15, 0.2) is 42.5 Å². The number of fused-ring (bicyclic) bond motifs is 1. The molecule has 0 spiro atoms. The smallest absolute Gasteiger partial charge is 0.343 e. The van der Waals surface area contributed by atoms with Crippen LogP contribution in [0.4, 0.5) is 0 Å². The summed E-state index contributed by atoms with van der Waals surface area (Å²) in [5.74, 6) is 1.15. The highest BCUT2D eigenvalue weighted by Gasteiger charge is 2.17. The van der Waals surface area contributed by atoms with Crippen LogP contribution in [-0.4, -0.2) is 12.8 Å². The molecule has 2 aromatic rings. The Morgan fingerprint density at radius 2 is 1.79 bits per heavy atom. The van der Waals surface area contributed by atoms with Gasteiger partial charge in [-0.1, -0.05) is 11.6 Å². The fourth-order valence-electron chi connectivity index (χ4n) is 1.69. The predicted octanol–water partition coefficient (Wildman–Crippen LogP) is 3.29. The van der Waals surface area contributed by atoms with Crippen molar-refractivity contribution >= 4 is 17.6 Å². The third-order valence-corrected chi connectivity index (χ3v) is 2.88. The second-order valence-corrected chi connectivity index (χ2v) is 4.35. The molecule has 2 aromatic carbocycles. The van der Waals surface area contributed by atoms with Gasteiger partial charge in [-0.25, -0.2) is 4.79 Å². The molecular weight excluding hydrogens is 268 g/mol. The second-order valence-electron chi connectivity index (χ2n) is 3.91. The molecule has 0 aromatic heterocycles. The maximum Gasteiger partial charge on any atom is 0.343 e. The van der Waals surface area contributed by atoms with E-state index in [1.807, 2.05) is 0 Å². The van der Waals surface area contributed by atoms with E-state index in [0.29, 0.717) is 27.8 Å². The molecule has 1 aliphatic heterocycles. The van der Waals surface area contributed by atoms with Crippen LogP contribution < -0.4 is 14.2 Å². The van der Waals surface area contributed by atoms with Gasteiger partial charge in [0.2, 0.25) is 6.79 Å². The summed E-state index contributed by atoms with van der Waals surface area (Å²) >= 11 is 5.76. The van der Waals surface area contributed by atoms with Crippen molar-refractivity contribution < 1.29 is 19.0 Å². The monoisotopic (exact) mass is 276 g/mol. The Hall–Kier alpha value is -2.20. The molecule has 0 saturated heterocycles. The minimum atomic E-state index is -0.458. The molecule has 1 heterocycles. The first-order chi connectivity index (χ1) is 9.22. The van der Waals surface area contributed by atoms with E-state index in [1.54, 1.807) is 42.5 Å². The molecule has 0 radical (unpaired) electrons. The molecule has 0 aliphatic carbocycles. The average Bonchev–Trinajstić information content (AvgIpc) is 2.88. The van der Waals surface area contributed by atoms with E-state index in [0.717, 1.165) is 0 Å². The van der Waals surface area contributed by atoms with Gasteiger partial charge in [-0.15, -0.1) is 0 Å². The van der Waals surface area contributed by atoms with Crippen molar-refractivity contribution in [2.45, 2.75) is 0 Å². The van der Waals surface area contributed by atoms with Crippen LogP contribution in [0.25, 0.3) is 0 Å². The summed E-state index contributed by atoms with van der Waals surface area (Å²) in [5, 5.41) is 0.586. The van der Waals surface area contributed by atoms with Crippen molar-refractivity contribution in [2.75, 3.05) is 6.79 Å². The summed E-state index contributed by atoms with van der Waals surface area (Å²) in [6.07, 6.45) is 0. The van der Waals surface area contributed by atoms with E-state index >= 15 is 0 Å². The average molecular weight is 277 g/mol. The van der Waals surface area contributed by atoms with Crippen LogP contribution >= 0.6 is 11.6 Å². The van der Waals surface area contributed by atoms with E-state index in [9.17, 15) is 4.79 Å². The fraction of sp³-hybridized carbons (Fsp3) is 0.0714. The van der Waals surface area contributed by atoms with Gasteiger partial charge < -0.3 is 14.2 Å². The van der Waals surface area contributed by atoms with Crippen LogP contribution in [0, 0.1) is 0 Å². The third kappa shape index (κ3) is 2.48. The van der Waals surface area contributed by atoms with Crippen LogP contribution in [0.3, 0.4) is 0 Å². The van der Waals surface area contributed by atoms with E-state index in [-0.39, 0.29) is 6.79 Å². The quantitative estimate of drug-likeness (QED) is 0.624. The van der Waals surface area contributed by atoms with E-state index < -0.39 is 5.97 Å². The van der Waals surface area contributed by atoms with Gasteiger partial charge in [0.15, 0.2) is 11.5 Å². The Balaban J connectivity index is 1.78. The summed E-state index contributed by atoms with van der Waals surface area (Å²) in [6.45, 7) is 0.172. The largest absolute Gasteiger partial charge is 0.454 e. The lowest BCUT2D eigenvalue weighted by atomic mass is 10.2. The van der Waals surface area contributed by atoms with Crippen LogP contribution in [0.5, 0.6) is 17.2 Å². The first-order valence-corrected chi connectivity index (χ1v) is 5.97. The number of ether oxygens (including phenoxy) is 3. The summed E-state index contributed by atoms with van der Waals surface area (Å²) in [4.78, 5) is 11.9. The molecule has 0 saturated carbocycles. The summed E-state index contributed by atoms with van der Waals surface area (Å²) in [7, 11) is 0. The van der Waals surface area contributed by atoms with Crippen LogP contribution in [0.2, 0.25) is 5.02 Å². The predicted molar refractivity (Wildman–Crippen MR) is 69.0 cm³/mol. The molecule has 3 rings (SSSR count). The Morgan fingerprint density at radius 3 is 2.58 bits per heavy atom. The fourth-order valence-corrected chi connectivity index (χ4v) is 1.82. The van der Waals surface area contributed by atoms with Gasteiger partial charge in [0.1, 0.15) is 5.75 Å². The number of carbonyl (C=O) groups is 1. The Kier molecular flexibility index (Phi) is 3.01. The number of halogens is 1. The molecule has 0 N–H and O–H groups in total. The van der Waals surface area contributed by atoms with Crippen molar-refractivity contribution in [2.24, 2.45) is 0 Å². The maximum absolute atomic E-state index is 11.9. The second kappa shape index (κ2) is 4.82. The first kappa shape index (κ1) is 11.9. The highest BCUT2D eigenvalue weighted by Crippen LogP contribution is 2.32. The Bertz CT molecular complexity index is 622. The van der Waals surface area contributed by atoms with Gasteiger partial charge in [-0.2, -0.15) is 0 Å². The number of rotatable bonds is 2. The molecule has 1 aliphatic rings. The molecule has 0 unspecified atom stereocenters. The summed E-state index contributed by atoms with van der Waals surface area (Å²) in [5.41, 5.74) is 0.402. The molecule has 0 bridgehead atoms. The van der Waals surface area contributed by atoms with Gasteiger partial charge in [-0.3, -0.25) is 0 Å². The zero-order valence-electron chi connectivity index (χ0n) is 9.76. The maximum atomic E-state index is 11.9. The lowest BCUT2D eigenvalue weighted by Crippen LogP contribution is -2.08. The minimum Gasteiger partial charge on any atom is -0.454 e. The van der Waals surface area contributed by atoms with Gasteiger partial charge in [-0.05, 0) is 42.5 Å². The number of hydrogen-bond acceptors (Lipinski definition) is 4. The Morgan fingerprint density at radius 1 is 1.05 bits per heavy atom. The molecular formula is C14H9ClO4. The molecule has 0 fully saturated rings. The number of hydrogen-bond donors (Lipinski definition) is 0. The lowest BCUT2D eigenvalue weighted by Gasteiger charge is -2.05. The van der Waals surface area contributed by atoms with E-state index in [1.165, 1.54) is 0 Å².